The number of carbonyl (C=O) groups excluding carboxylic acids is 8. The monoisotopic (exact) mass is 1350 g/mol. The molecule has 0 radical (unpaired) electrons. The second kappa shape index (κ2) is 38.0. The summed E-state index contributed by atoms with van der Waals surface area (Å²) in [7, 11) is 0. The number of benzene rings is 6. The number of rotatable bonds is 24. The van der Waals surface area contributed by atoms with E-state index in [9.17, 15) is 51.5 Å². The molecule has 2 unspecified atom stereocenters. The quantitative estimate of drug-likeness (QED) is 0.0118. The second-order valence-electron chi connectivity index (χ2n) is 23.9. The summed E-state index contributed by atoms with van der Waals surface area (Å²) in [6.07, 6.45) is -6.77. The van der Waals surface area contributed by atoms with Gasteiger partial charge in [-0.25, -0.2) is 19.2 Å². The normalized spacial score (nSPS) is 13.0. The zero-order chi connectivity index (χ0) is 68.9. The Hall–Kier alpha value is -9.94. The molecule has 0 fully saturated rings. The van der Waals surface area contributed by atoms with Gasteiger partial charge in [0, 0.05) is 49.4 Å². The molecule has 0 heterocycles. The van der Waals surface area contributed by atoms with Crippen molar-refractivity contribution in [3.05, 3.63) is 179 Å². The SMILES string of the molecule is C.C.C.CC(C)C(NC(=O)[C@H](C)NCCNC(=O)OCC1c2ccccc2-c2ccccc21)C(=O)Nc1ccc(C(=O)O)cc1.CC(C)C(NC(=O)[C@H](C)NCCNC(=O)OCC1c2ccccc2-c2ccccc21)C(=O)Nc1ccc(C(=O)OC(C)(C)C)cc1.O=CC(F)(F)F. The van der Waals surface area contributed by atoms with E-state index in [2.05, 4.69) is 91.1 Å². The van der Waals surface area contributed by atoms with Gasteiger partial charge < -0.3 is 61.9 Å². The van der Waals surface area contributed by atoms with E-state index in [4.69, 9.17) is 24.1 Å². The maximum atomic E-state index is 13.0. The van der Waals surface area contributed by atoms with Crippen LogP contribution < -0.4 is 42.5 Å². The van der Waals surface area contributed by atoms with Gasteiger partial charge in [0.15, 0.2) is 0 Å². The lowest BCUT2D eigenvalue weighted by Gasteiger charge is -2.24. The number of carboxylic acids is 1. The number of nitrogens with one attached hydrogen (secondary N) is 8. The molecular formula is C73H93F3N8O13. The average Bonchev–Trinajstić information content (AvgIpc) is 1.61. The molecule has 0 saturated heterocycles. The number of alkyl carbamates (subject to hydrolysis) is 2. The minimum absolute atomic E-state index is 0. The second-order valence-corrected chi connectivity index (χ2v) is 23.9. The van der Waals surface area contributed by atoms with Crippen LogP contribution in [0.1, 0.15) is 139 Å². The van der Waals surface area contributed by atoms with Crippen LogP contribution in [0.15, 0.2) is 146 Å². The van der Waals surface area contributed by atoms with E-state index in [-0.39, 0.29) is 95.5 Å². The predicted octanol–water partition coefficient (Wildman–Crippen LogP) is 11.9. The first-order valence-corrected chi connectivity index (χ1v) is 30.6. The number of halogens is 3. The van der Waals surface area contributed by atoms with E-state index in [0.29, 0.717) is 30.0 Å². The molecule has 6 aromatic carbocycles. The Balaban J connectivity index is 0.000000454. The van der Waals surface area contributed by atoms with Crippen LogP contribution in [0.4, 0.5) is 34.1 Å². The first-order valence-electron chi connectivity index (χ1n) is 30.6. The zero-order valence-corrected chi connectivity index (χ0v) is 53.8. The number of amides is 6. The third kappa shape index (κ3) is 24.3. The van der Waals surface area contributed by atoms with Gasteiger partial charge in [-0.2, -0.15) is 13.2 Å². The molecule has 8 rings (SSSR count). The third-order valence-electron chi connectivity index (χ3n) is 15.0. The summed E-state index contributed by atoms with van der Waals surface area (Å²) in [5.41, 5.74) is 9.97. The number of alkyl halides is 3. The number of anilines is 2. The lowest BCUT2D eigenvalue weighted by Crippen LogP contribution is -2.53. The van der Waals surface area contributed by atoms with Crippen LogP contribution >= 0.6 is 0 Å². The van der Waals surface area contributed by atoms with Crippen molar-refractivity contribution < 1.29 is 75.6 Å². The highest BCUT2D eigenvalue weighted by Crippen LogP contribution is 2.46. The number of aldehydes is 1. The van der Waals surface area contributed by atoms with Crippen molar-refractivity contribution in [3.63, 3.8) is 0 Å². The Morgan fingerprint density at radius 2 is 0.784 bits per heavy atom. The van der Waals surface area contributed by atoms with E-state index in [0.717, 1.165) is 44.5 Å². The molecule has 6 aromatic rings. The highest BCUT2D eigenvalue weighted by molar-refractivity contribution is 6.00. The fraction of sp³-hybridized carbons (Fsp3) is 0.384. The summed E-state index contributed by atoms with van der Waals surface area (Å²) in [4.78, 5) is 108. The highest BCUT2D eigenvalue weighted by Gasteiger charge is 2.32. The first-order chi connectivity index (χ1) is 44.5. The first kappa shape index (κ1) is 81.3. The lowest BCUT2D eigenvalue weighted by atomic mass is 9.98. The van der Waals surface area contributed by atoms with Crippen LogP contribution in [0.25, 0.3) is 22.3 Å². The fourth-order valence-electron chi connectivity index (χ4n) is 10.2. The number of fused-ring (bicyclic) bond motifs is 6. The number of ether oxygens (including phenoxy) is 3. The molecule has 97 heavy (non-hydrogen) atoms. The van der Waals surface area contributed by atoms with Gasteiger partial charge in [0.05, 0.1) is 23.2 Å². The molecule has 9 N–H and O–H groups in total. The summed E-state index contributed by atoms with van der Waals surface area (Å²) < 4.78 is 47.7. The Bertz CT molecular complexity index is 3520. The van der Waals surface area contributed by atoms with E-state index in [1.165, 1.54) is 24.3 Å². The minimum Gasteiger partial charge on any atom is -0.478 e. The molecule has 2 aliphatic carbocycles. The number of hydrogen-bond donors (Lipinski definition) is 9. The molecule has 0 aromatic heterocycles. The summed E-state index contributed by atoms with van der Waals surface area (Å²) in [5.74, 6) is -3.46. The topological polar surface area (TPSA) is 298 Å². The van der Waals surface area contributed by atoms with Crippen molar-refractivity contribution in [2.45, 2.75) is 132 Å². The van der Waals surface area contributed by atoms with Crippen molar-refractivity contribution >= 4 is 65.4 Å². The van der Waals surface area contributed by atoms with E-state index >= 15 is 0 Å². The van der Waals surface area contributed by atoms with E-state index in [1.54, 1.807) is 58.9 Å². The zero-order valence-electron chi connectivity index (χ0n) is 53.8. The summed E-state index contributed by atoms with van der Waals surface area (Å²) in [6, 6.07) is 41.9. The summed E-state index contributed by atoms with van der Waals surface area (Å²) >= 11 is 0. The minimum atomic E-state index is -4.64. The number of carboxylic acid groups (broad SMARTS) is 1. The van der Waals surface area contributed by atoms with Gasteiger partial charge in [-0.15, -0.1) is 0 Å². The van der Waals surface area contributed by atoms with E-state index < -0.39 is 72.3 Å². The molecule has 0 saturated carbocycles. The van der Waals surface area contributed by atoms with Crippen molar-refractivity contribution in [1.29, 1.82) is 0 Å². The molecule has 21 nitrogen and oxygen atoms in total. The van der Waals surface area contributed by atoms with Crippen LogP contribution in [0.2, 0.25) is 0 Å². The van der Waals surface area contributed by atoms with Crippen molar-refractivity contribution in [3.8, 4) is 22.3 Å². The maximum absolute atomic E-state index is 13.0. The van der Waals surface area contributed by atoms with Crippen molar-refractivity contribution in [1.82, 2.24) is 31.9 Å². The Morgan fingerprint density at radius 1 is 0.474 bits per heavy atom. The van der Waals surface area contributed by atoms with Gasteiger partial charge in [-0.05, 0) is 139 Å². The molecule has 24 heteroatoms. The Kier molecular flexibility index (Phi) is 31.8. The van der Waals surface area contributed by atoms with Gasteiger partial charge >= 0.3 is 30.3 Å². The molecular weight excluding hydrogens is 1250 g/mol. The molecule has 524 valence electrons. The standard InChI is InChI=1S/C36H44N4O6.C32H36N4O6.C2HF3O.3CH4/c1-22(2)31(33(42)39-25-17-15-24(16-18-25)34(43)46-36(4,5)6)40-32(41)23(3)37-19-20-38-35(44)45-21-30-28-13-9-7-11-26(28)27-12-8-10-14-29(27)30;1-19(2)28(30(38)35-22-14-12-21(13-15-22)31(39)40)36-29(37)20(3)33-16-17-34-32(41)42-18-27-25-10-6-4-8-23(25)24-9-5-7-11-26(24)27;3-2(4,5)1-6;;;/h7-18,22-23,30-31,37H,19-21H2,1-6H3,(H,38,44)(H,39,42)(H,40,41);4-15,19-20,27-28,33H,16-18H2,1-3H3,(H,34,41)(H,35,38)(H,36,37)(H,39,40);1H;3*1H4/t23-,31?;20-,28?;;;;/m00..../s1. The number of carbonyl (C=O) groups is 9. The van der Waals surface area contributed by atoms with Crippen molar-refractivity contribution in [2.75, 3.05) is 50.0 Å². The highest BCUT2D eigenvalue weighted by atomic mass is 19.4. The Morgan fingerprint density at radius 3 is 1.07 bits per heavy atom. The molecule has 0 spiro atoms. The smallest absolute Gasteiger partial charge is 0.446 e. The number of esters is 1. The average molecular weight is 1350 g/mol. The van der Waals surface area contributed by atoms with Gasteiger partial charge in [-0.1, -0.05) is 147 Å². The molecule has 6 amide bonds. The van der Waals surface area contributed by atoms with Crippen LogP contribution in [0.3, 0.4) is 0 Å². The van der Waals surface area contributed by atoms with Gasteiger partial charge in [0.2, 0.25) is 29.9 Å². The van der Waals surface area contributed by atoms with Crippen LogP contribution in [0.5, 0.6) is 0 Å². The number of hydrogen-bond acceptors (Lipinski definition) is 14. The van der Waals surface area contributed by atoms with Gasteiger partial charge in [0.1, 0.15) is 30.9 Å². The van der Waals surface area contributed by atoms with Gasteiger partial charge in [0.25, 0.3) is 0 Å². The van der Waals surface area contributed by atoms with Crippen LogP contribution in [-0.2, 0) is 38.2 Å². The molecule has 0 bridgehead atoms. The predicted molar refractivity (Wildman–Crippen MR) is 369 cm³/mol. The third-order valence-corrected chi connectivity index (χ3v) is 15.0. The van der Waals surface area contributed by atoms with Gasteiger partial charge in [-0.3, -0.25) is 24.0 Å². The largest absolute Gasteiger partial charge is 0.478 e. The summed E-state index contributed by atoms with van der Waals surface area (Å²) in [5, 5.41) is 31.7. The van der Waals surface area contributed by atoms with E-state index in [1.807, 2.05) is 76.2 Å². The van der Waals surface area contributed by atoms with Crippen LogP contribution in [-0.4, -0.2) is 134 Å². The number of aromatic carboxylic acids is 1. The maximum Gasteiger partial charge on any atom is 0.446 e. The molecule has 2 aliphatic rings. The van der Waals surface area contributed by atoms with Crippen molar-refractivity contribution in [2.24, 2.45) is 11.8 Å². The fourth-order valence-corrected chi connectivity index (χ4v) is 10.2. The van der Waals surface area contributed by atoms with Crippen LogP contribution in [0, 0.1) is 11.8 Å². The summed E-state index contributed by atoms with van der Waals surface area (Å²) in [6.45, 7) is 17.6. The molecule has 4 atom stereocenters. The lowest BCUT2D eigenvalue weighted by molar-refractivity contribution is -0.156. The molecule has 0 aliphatic heterocycles. The Labute approximate surface area is 566 Å².